The van der Waals surface area contributed by atoms with Gasteiger partial charge in [-0.05, 0) is 67.6 Å². The van der Waals surface area contributed by atoms with Crippen molar-refractivity contribution >= 4 is 11.3 Å². The van der Waals surface area contributed by atoms with Gasteiger partial charge < -0.3 is 5.73 Å². The fourth-order valence-corrected chi connectivity index (χ4v) is 3.39. The minimum Gasteiger partial charge on any atom is -0.330 e. The molecule has 0 amide bonds. The molecule has 0 spiro atoms. The van der Waals surface area contributed by atoms with Crippen molar-refractivity contribution in [1.29, 1.82) is 0 Å². The summed E-state index contributed by atoms with van der Waals surface area (Å²) in [5, 5.41) is 4.45. The molecular weight excluding hydrogens is 216 g/mol. The maximum Gasteiger partial charge on any atom is 0.0328 e. The second-order valence-electron chi connectivity index (χ2n) is 4.81. The van der Waals surface area contributed by atoms with E-state index in [1.54, 1.807) is 11.3 Å². The lowest BCUT2D eigenvalue weighted by Gasteiger charge is -2.36. The van der Waals surface area contributed by atoms with E-state index in [9.17, 15) is 0 Å². The van der Waals surface area contributed by atoms with Crippen LogP contribution in [0.5, 0.6) is 0 Å². The average Bonchev–Trinajstić information content (AvgIpc) is 2.82. The molecule has 1 saturated heterocycles. The normalized spacial score (nSPS) is 24.5. The third-order valence-electron chi connectivity index (χ3n) is 3.70. The summed E-state index contributed by atoms with van der Waals surface area (Å²) in [6.45, 7) is 5.64. The van der Waals surface area contributed by atoms with Gasteiger partial charge in [0, 0.05) is 12.6 Å². The van der Waals surface area contributed by atoms with Crippen molar-refractivity contribution in [3.05, 3.63) is 22.4 Å². The minimum atomic E-state index is 0.576. The van der Waals surface area contributed by atoms with Gasteiger partial charge in [0.15, 0.2) is 0 Å². The third kappa shape index (κ3) is 2.84. The van der Waals surface area contributed by atoms with E-state index in [0.29, 0.717) is 6.04 Å². The highest BCUT2D eigenvalue weighted by atomic mass is 32.1. The maximum atomic E-state index is 5.66. The predicted octanol–water partition coefficient (Wildman–Crippen LogP) is 2.87. The van der Waals surface area contributed by atoms with E-state index >= 15 is 0 Å². The van der Waals surface area contributed by atoms with E-state index < -0.39 is 0 Å². The lowest BCUT2D eigenvalue weighted by atomic mass is 9.93. The molecule has 0 aliphatic carbocycles. The standard InChI is InChI=1S/C13H22N2S/c1-11(13-5-8-16-10-13)15-7-2-3-12(9-15)4-6-14/h5,8,10-12H,2-4,6-7,9,14H2,1H3. The van der Waals surface area contributed by atoms with Crippen LogP contribution in [0.15, 0.2) is 16.8 Å². The van der Waals surface area contributed by atoms with Gasteiger partial charge in [-0.3, -0.25) is 4.90 Å². The van der Waals surface area contributed by atoms with Crippen LogP contribution >= 0.6 is 11.3 Å². The predicted molar refractivity (Wildman–Crippen MR) is 70.7 cm³/mol. The van der Waals surface area contributed by atoms with Crippen molar-refractivity contribution < 1.29 is 0 Å². The fraction of sp³-hybridized carbons (Fsp3) is 0.692. The SMILES string of the molecule is CC(c1ccsc1)N1CCCC(CCN)C1. The lowest BCUT2D eigenvalue weighted by Crippen LogP contribution is -2.37. The number of likely N-dealkylation sites (tertiary alicyclic amines) is 1. The Bertz CT molecular complexity index is 295. The van der Waals surface area contributed by atoms with E-state index in [4.69, 9.17) is 5.73 Å². The molecule has 16 heavy (non-hydrogen) atoms. The van der Waals surface area contributed by atoms with Crippen LogP contribution in [-0.2, 0) is 0 Å². The molecule has 1 aromatic rings. The van der Waals surface area contributed by atoms with Gasteiger partial charge in [-0.25, -0.2) is 0 Å². The summed E-state index contributed by atoms with van der Waals surface area (Å²) in [6, 6.07) is 2.83. The number of nitrogens with two attached hydrogens (primary N) is 1. The zero-order chi connectivity index (χ0) is 11.4. The Labute approximate surface area is 102 Å². The Kier molecular flexibility index (Phi) is 4.38. The van der Waals surface area contributed by atoms with Crippen LogP contribution in [0.2, 0.25) is 0 Å². The van der Waals surface area contributed by atoms with E-state index in [2.05, 4.69) is 28.7 Å². The molecule has 1 aliphatic rings. The Morgan fingerprint density at radius 2 is 2.50 bits per heavy atom. The number of piperidine rings is 1. The van der Waals surface area contributed by atoms with Crippen LogP contribution in [0, 0.1) is 5.92 Å². The highest BCUT2D eigenvalue weighted by molar-refractivity contribution is 7.07. The first kappa shape index (κ1) is 12.1. The summed E-state index contributed by atoms with van der Waals surface area (Å²) in [6.07, 6.45) is 3.88. The summed E-state index contributed by atoms with van der Waals surface area (Å²) < 4.78 is 0. The van der Waals surface area contributed by atoms with Crippen LogP contribution in [0.3, 0.4) is 0 Å². The molecule has 2 atom stereocenters. The van der Waals surface area contributed by atoms with Crippen molar-refractivity contribution in [3.63, 3.8) is 0 Å². The van der Waals surface area contributed by atoms with Gasteiger partial charge in [-0.2, -0.15) is 11.3 Å². The van der Waals surface area contributed by atoms with Gasteiger partial charge in [0.2, 0.25) is 0 Å². The zero-order valence-corrected chi connectivity index (χ0v) is 10.9. The quantitative estimate of drug-likeness (QED) is 0.874. The summed E-state index contributed by atoms with van der Waals surface area (Å²) in [5.41, 5.74) is 7.13. The van der Waals surface area contributed by atoms with Gasteiger partial charge in [-0.15, -0.1) is 0 Å². The summed E-state index contributed by atoms with van der Waals surface area (Å²) >= 11 is 1.80. The van der Waals surface area contributed by atoms with Crippen molar-refractivity contribution in [2.75, 3.05) is 19.6 Å². The smallest absolute Gasteiger partial charge is 0.0328 e. The molecule has 0 saturated carbocycles. The molecule has 3 heteroatoms. The number of thiophene rings is 1. The molecule has 1 fully saturated rings. The van der Waals surface area contributed by atoms with Crippen molar-refractivity contribution in [2.24, 2.45) is 11.7 Å². The summed E-state index contributed by atoms with van der Waals surface area (Å²) in [7, 11) is 0. The number of rotatable bonds is 4. The maximum absolute atomic E-state index is 5.66. The second kappa shape index (κ2) is 5.80. The number of nitrogens with zero attached hydrogens (tertiary/aromatic N) is 1. The van der Waals surface area contributed by atoms with Gasteiger partial charge >= 0.3 is 0 Å². The highest BCUT2D eigenvalue weighted by Crippen LogP contribution is 2.28. The van der Waals surface area contributed by atoms with E-state index in [1.165, 1.54) is 37.9 Å². The molecule has 2 unspecified atom stereocenters. The third-order valence-corrected chi connectivity index (χ3v) is 4.40. The molecule has 0 bridgehead atoms. The largest absolute Gasteiger partial charge is 0.330 e. The molecular formula is C13H22N2S. The molecule has 2 nitrogen and oxygen atoms in total. The molecule has 2 heterocycles. The Morgan fingerprint density at radius 3 is 3.19 bits per heavy atom. The second-order valence-corrected chi connectivity index (χ2v) is 5.59. The molecule has 90 valence electrons. The van der Waals surface area contributed by atoms with E-state index in [1.807, 2.05) is 0 Å². The molecule has 1 aromatic heterocycles. The Morgan fingerprint density at radius 1 is 1.62 bits per heavy atom. The molecule has 2 N–H and O–H groups in total. The van der Waals surface area contributed by atoms with Crippen molar-refractivity contribution in [2.45, 2.75) is 32.2 Å². The Balaban J connectivity index is 1.93. The van der Waals surface area contributed by atoms with Gasteiger partial charge in [-0.1, -0.05) is 0 Å². The summed E-state index contributed by atoms with van der Waals surface area (Å²) in [5.74, 6) is 0.819. The number of hydrogen-bond donors (Lipinski definition) is 1. The Hall–Kier alpha value is -0.380. The van der Waals surface area contributed by atoms with Gasteiger partial charge in [0.1, 0.15) is 0 Å². The van der Waals surface area contributed by atoms with Gasteiger partial charge in [0.05, 0.1) is 0 Å². The molecule has 1 aliphatic heterocycles. The van der Waals surface area contributed by atoms with Crippen molar-refractivity contribution in [1.82, 2.24) is 4.90 Å². The van der Waals surface area contributed by atoms with Crippen LogP contribution in [-0.4, -0.2) is 24.5 Å². The average molecular weight is 238 g/mol. The zero-order valence-electron chi connectivity index (χ0n) is 10.1. The van der Waals surface area contributed by atoms with Gasteiger partial charge in [0.25, 0.3) is 0 Å². The van der Waals surface area contributed by atoms with Crippen molar-refractivity contribution in [3.8, 4) is 0 Å². The first-order valence-electron chi connectivity index (χ1n) is 6.27. The highest BCUT2D eigenvalue weighted by Gasteiger charge is 2.23. The number of hydrogen-bond acceptors (Lipinski definition) is 3. The fourth-order valence-electron chi connectivity index (χ4n) is 2.64. The molecule has 0 radical (unpaired) electrons. The molecule has 0 aromatic carbocycles. The van der Waals surface area contributed by atoms with Crippen LogP contribution in [0.25, 0.3) is 0 Å². The van der Waals surface area contributed by atoms with E-state index in [-0.39, 0.29) is 0 Å². The van der Waals surface area contributed by atoms with Crippen LogP contribution in [0.4, 0.5) is 0 Å². The van der Waals surface area contributed by atoms with E-state index in [0.717, 1.165) is 12.5 Å². The molecule has 2 rings (SSSR count). The van der Waals surface area contributed by atoms with Crippen LogP contribution < -0.4 is 5.73 Å². The topological polar surface area (TPSA) is 29.3 Å². The minimum absolute atomic E-state index is 0.576. The first-order valence-corrected chi connectivity index (χ1v) is 7.21. The summed E-state index contributed by atoms with van der Waals surface area (Å²) in [4.78, 5) is 2.62. The first-order chi connectivity index (χ1) is 7.81. The lowest BCUT2D eigenvalue weighted by molar-refractivity contribution is 0.128. The van der Waals surface area contributed by atoms with Crippen LogP contribution in [0.1, 0.15) is 37.8 Å². The monoisotopic (exact) mass is 238 g/mol.